The second-order valence-electron chi connectivity index (χ2n) is 26.3. The average molecular weight is 1160 g/mol. The van der Waals surface area contributed by atoms with Crippen LogP contribution in [0.3, 0.4) is 0 Å². The quantitative estimate of drug-likeness (QED) is 0.0343. The van der Waals surface area contributed by atoms with E-state index >= 15 is 0 Å². The van der Waals surface area contributed by atoms with Crippen LogP contribution in [0.25, 0.3) is 0 Å². The second kappa shape index (κ2) is 71.9. The SMILES string of the molecule is CCCCCCCCCCCCCCCCCCCCCCCCCCCCC(=O)OCC(COC(=O)CCCCCCCCCCCCCCC)OC(=O)CCCCCCCCCCCCCCCCCCCCCCCCCCC. The first-order valence-electron chi connectivity index (χ1n) is 38.0. The summed E-state index contributed by atoms with van der Waals surface area (Å²) < 4.78 is 17.0. The van der Waals surface area contributed by atoms with Crippen molar-refractivity contribution in [1.29, 1.82) is 0 Å². The van der Waals surface area contributed by atoms with Crippen LogP contribution in [0.5, 0.6) is 0 Å². The molecular formula is C76H148O6. The summed E-state index contributed by atoms with van der Waals surface area (Å²) in [5.74, 6) is -0.816. The van der Waals surface area contributed by atoms with Gasteiger partial charge in [0.05, 0.1) is 0 Å². The van der Waals surface area contributed by atoms with Crippen LogP contribution in [-0.4, -0.2) is 37.2 Å². The molecule has 1 unspecified atom stereocenters. The van der Waals surface area contributed by atoms with E-state index in [0.29, 0.717) is 19.3 Å². The summed E-state index contributed by atoms with van der Waals surface area (Å²) in [6, 6.07) is 0. The molecule has 0 fully saturated rings. The zero-order valence-corrected chi connectivity index (χ0v) is 56.3. The molecule has 0 aromatic heterocycles. The van der Waals surface area contributed by atoms with Crippen LogP contribution in [0.2, 0.25) is 0 Å². The van der Waals surface area contributed by atoms with E-state index in [4.69, 9.17) is 14.2 Å². The van der Waals surface area contributed by atoms with Crippen molar-refractivity contribution in [3.63, 3.8) is 0 Å². The van der Waals surface area contributed by atoms with Crippen LogP contribution in [0.4, 0.5) is 0 Å². The van der Waals surface area contributed by atoms with Gasteiger partial charge in [0.1, 0.15) is 13.2 Å². The Hall–Kier alpha value is -1.59. The summed E-state index contributed by atoms with van der Waals surface area (Å²) in [6.45, 7) is 6.75. The zero-order chi connectivity index (χ0) is 59.2. The molecular weight excluding hydrogens is 1010 g/mol. The van der Waals surface area contributed by atoms with E-state index in [0.717, 1.165) is 57.8 Å². The Labute approximate surface area is 514 Å². The van der Waals surface area contributed by atoms with Crippen molar-refractivity contribution in [2.45, 2.75) is 457 Å². The summed E-state index contributed by atoms with van der Waals surface area (Å²) in [5.41, 5.74) is 0. The minimum atomic E-state index is -0.764. The van der Waals surface area contributed by atoms with Gasteiger partial charge in [-0.25, -0.2) is 0 Å². The van der Waals surface area contributed by atoms with E-state index in [1.54, 1.807) is 0 Å². The zero-order valence-electron chi connectivity index (χ0n) is 56.3. The number of esters is 3. The number of rotatable bonds is 72. The van der Waals surface area contributed by atoms with Gasteiger partial charge in [-0.1, -0.05) is 412 Å². The van der Waals surface area contributed by atoms with Gasteiger partial charge < -0.3 is 14.2 Å². The Balaban J connectivity index is 4.16. The van der Waals surface area contributed by atoms with Crippen molar-refractivity contribution in [3.8, 4) is 0 Å². The fourth-order valence-electron chi connectivity index (χ4n) is 12.2. The topological polar surface area (TPSA) is 78.9 Å². The first-order valence-corrected chi connectivity index (χ1v) is 38.0. The third kappa shape index (κ3) is 69.2. The molecule has 0 rings (SSSR count). The molecule has 6 heteroatoms. The van der Waals surface area contributed by atoms with Crippen molar-refractivity contribution in [3.05, 3.63) is 0 Å². The van der Waals surface area contributed by atoms with Crippen molar-refractivity contribution < 1.29 is 28.6 Å². The molecule has 0 aliphatic heterocycles. The van der Waals surface area contributed by atoms with Crippen molar-refractivity contribution in [2.75, 3.05) is 13.2 Å². The highest BCUT2D eigenvalue weighted by Crippen LogP contribution is 2.20. The van der Waals surface area contributed by atoms with E-state index in [-0.39, 0.29) is 31.1 Å². The lowest BCUT2D eigenvalue weighted by Crippen LogP contribution is -2.30. The van der Waals surface area contributed by atoms with E-state index in [1.165, 1.54) is 353 Å². The summed E-state index contributed by atoms with van der Waals surface area (Å²) in [7, 11) is 0. The van der Waals surface area contributed by atoms with Gasteiger partial charge >= 0.3 is 17.9 Å². The minimum absolute atomic E-state index is 0.0600. The van der Waals surface area contributed by atoms with Crippen LogP contribution in [0.15, 0.2) is 0 Å². The molecule has 0 amide bonds. The smallest absolute Gasteiger partial charge is 0.306 e. The standard InChI is InChI=1S/C76H148O6/c1-4-7-10-13-16-19-22-25-27-29-31-33-35-37-39-40-42-44-46-48-51-54-57-60-63-66-69-75(78)81-72-73(71-80-74(77)68-65-62-59-56-53-50-24-21-18-15-12-9-6-3)82-76(79)70-67-64-61-58-55-52-49-47-45-43-41-38-36-34-32-30-28-26-23-20-17-14-11-8-5-2/h73H,4-72H2,1-3H3. The number of hydrogen-bond donors (Lipinski definition) is 0. The molecule has 0 spiro atoms. The molecule has 82 heavy (non-hydrogen) atoms. The Bertz CT molecular complexity index is 1240. The number of carbonyl (C=O) groups is 3. The van der Waals surface area contributed by atoms with Crippen LogP contribution >= 0.6 is 0 Å². The highest BCUT2D eigenvalue weighted by molar-refractivity contribution is 5.71. The number of hydrogen-bond acceptors (Lipinski definition) is 6. The predicted octanol–water partition coefficient (Wildman–Crippen LogP) is 26.2. The van der Waals surface area contributed by atoms with Crippen LogP contribution in [0.1, 0.15) is 451 Å². The van der Waals surface area contributed by atoms with Gasteiger partial charge in [0, 0.05) is 19.3 Å². The van der Waals surface area contributed by atoms with E-state index in [2.05, 4.69) is 20.8 Å². The van der Waals surface area contributed by atoms with Gasteiger partial charge in [0.15, 0.2) is 6.10 Å². The van der Waals surface area contributed by atoms with Crippen molar-refractivity contribution in [1.82, 2.24) is 0 Å². The molecule has 0 N–H and O–H groups in total. The molecule has 0 aliphatic rings. The molecule has 6 nitrogen and oxygen atoms in total. The molecule has 0 saturated heterocycles. The van der Waals surface area contributed by atoms with Gasteiger partial charge in [-0.05, 0) is 19.3 Å². The van der Waals surface area contributed by atoms with E-state index in [1.807, 2.05) is 0 Å². The van der Waals surface area contributed by atoms with Crippen LogP contribution in [0, 0.1) is 0 Å². The molecule has 0 aromatic rings. The van der Waals surface area contributed by atoms with Crippen molar-refractivity contribution >= 4 is 17.9 Å². The lowest BCUT2D eigenvalue weighted by Gasteiger charge is -2.18. The molecule has 0 saturated carbocycles. The second-order valence-corrected chi connectivity index (χ2v) is 26.3. The maximum Gasteiger partial charge on any atom is 0.306 e. The van der Waals surface area contributed by atoms with Gasteiger partial charge in [-0.15, -0.1) is 0 Å². The third-order valence-electron chi connectivity index (χ3n) is 17.9. The maximum absolute atomic E-state index is 13.0. The monoisotopic (exact) mass is 1160 g/mol. The fraction of sp³-hybridized carbons (Fsp3) is 0.961. The van der Waals surface area contributed by atoms with E-state index < -0.39 is 6.10 Å². The Morgan fingerprint density at radius 3 is 0.488 bits per heavy atom. The van der Waals surface area contributed by atoms with Gasteiger partial charge in [-0.3, -0.25) is 14.4 Å². The maximum atomic E-state index is 13.0. The molecule has 0 aromatic carbocycles. The number of carbonyl (C=O) groups excluding carboxylic acids is 3. The molecule has 0 aliphatic carbocycles. The lowest BCUT2D eigenvalue weighted by atomic mass is 10.0. The largest absolute Gasteiger partial charge is 0.462 e. The number of unbranched alkanes of at least 4 members (excludes halogenated alkanes) is 61. The Kier molecular flexibility index (Phi) is 70.5. The third-order valence-corrected chi connectivity index (χ3v) is 17.9. The predicted molar refractivity (Wildman–Crippen MR) is 358 cm³/mol. The van der Waals surface area contributed by atoms with Gasteiger partial charge in [0.25, 0.3) is 0 Å². The average Bonchev–Trinajstić information content (AvgIpc) is 3.47. The molecule has 0 radical (unpaired) electrons. The lowest BCUT2D eigenvalue weighted by molar-refractivity contribution is -0.167. The molecule has 1 atom stereocenters. The van der Waals surface area contributed by atoms with Gasteiger partial charge in [-0.2, -0.15) is 0 Å². The molecule has 488 valence electrons. The summed E-state index contributed by atoms with van der Waals surface area (Å²) in [6.07, 6.45) is 85.9. The number of ether oxygens (including phenoxy) is 3. The summed E-state index contributed by atoms with van der Waals surface area (Å²) in [5, 5.41) is 0. The van der Waals surface area contributed by atoms with Crippen LogP contribution in [-0.2, 0) is 28.6 Å². The normalized spacial score (nSPS) is 11.9. The highest BCUT2D eigenvalue weighted by Gasteiger charge is 2.20. The van der Waals surface area contributed by atoms with Crippen LogP contribution < -0.4 is 0 Å². The summed E-state index contributed by atoms with van der Waals surface area (Å²) >= 11 is 0. The summed E-state index contributed by atoms with van der Waals surface area (Å²) in [4.78, 5) is 38.5. The van der Waals surface area contributed by atoms with Crippen molar-refractivity contribution in [2.24, 2.45) is 0 Å². The molecule has 0 heterocycles. The Morgan fingerprint density at radius 1 is 0.195 bits per heavy atom. The highest BCUT2D eigenvalue weighted by atomic mass is 16.6. The Morgan fingerprint density at radius 2 is 0.329 bits per heavy atom. The fourth-order valence-corrected chi connectivity index (χ4v) is 12.2. The molecule has 0 bridgehead atoms. The minimum Gasteiger partial charge on any atom is -0.462 e. The first-order chi connectivity index (χ1) is 40.5. The first kappa shape index (κ1) is 80.4. The van der Waals surface area contributed by atoms with Gasteiger partial charge in [0.2, 0.25) is 0 Å². The van der Waals surface area contributed by atoms with E-state index in [9.17, 15) is 14.4 Å².